The third-order valence-corrected chi connectivity index (χ3v) is 21.4. The van der Waals surface area contributed by atoms with Crippen molar-refractivity contribution in [3.8, 4) is 5.75 Å². The van der Waals surface area contributed by atoms with Crippen molar-refractivity contribution in [2.45, 2.75) is 210 Å². The topological polar surface area (TPSA) is 431 Å². The SMILES string of the molecule is Cc1c(C)c(S(=O)(=O)NC(=N)NCCC[C@H](NC(=O)[C@H](Cc2ccccc2)NC(=O)[C@H](Cc2cn(C(c3ccccc3)(c3ccccc3)c3ccccc3)cn2)NC(=O)[C@@H](N)CCC(=O)OC(C)(C)C)C(=O)N[C@@H](Cc2cn(C(=O)OC(C)(C)C)c3ccccc23)C(=O)NCC(=O)N[C@@H](CCCCN)C(=O)O)c(C)c2c1OC(C)(C)C2. The summed E-state index contributed by atoms with van der Waals surface area (Å²) in [6.45, 7) is 18.4. The van der Waals surface area contributed by atoms with Crippen molar-refractivity contribution in [1.82, 2.24) is 56.1 Å². The maximum absolute atomic E-state index is 15.7. The average Bonchev–Trinajstić information content (AvgIpc) is 1.07. The van der Waals surface area contributed by atoms with Gasteiger partial charge in [0.1, 0.15) is 58.3 Å². The Hall–Kier alpha value is -11.8. The molecule has 2 aromatic heterocycles. The minimum absolute atomic E-state index is 0.0227. The highest BCUT2D eigenvalue weighted by Crippen LogP contribution is 2.44. The molecule has 9 rings (SSSR count). The number of aliphatic carboxylic acids is 1. The highest BCUT2D eigenvalue weighted by Gasteiger charge is 2.41. The Morgan fingerprint density at radius 1 is 0.603 bits per heavy atom. The number of carbonyl (C=O) groups is 9. The summed E-state index contributed by atoms with van der Waals surface area (Å²) in [7, 11) is -4.43. The molecule has 0 bridgehead atoms. The molecule has 0 spiro atoms. The van der Waals surface area contributed by atoms with E-state index in [1.165, 1.54) is 10.8 Å². The number of carboxylic acids is 1. The molecule has 0 fully saturated rings. The van der Waals surface area contributed by atoms with Crippen LogP contribution < -0.4 is 58.1 Å². The van der Waals surface area contributed by atoms with Gasteiger partial charge in [0.15, 0.2) is 0 Å². The molecule has 0 unspecified atom stereocenters. The van der Waals surface area contributed by atoms with Crippen molar-refractivity contribution in [2.75, 3.05) is 19.6 Å². The van der Waals surface area contributed by atoms with Gasteiger partial charge in [-0.2, -0.15) is 0 Å². The van der Waals surface area contributed by atoms with Gasteiger partial charge in [-0.3, -0.25) is 43.5 Å². The van der Waals surface area contributed by atoms with Crippen LogP contribution in [0.25, 0.3) is 10.9 Å². The van der Waals surface area contributed by atoms with Crippen molar-refractivity contribution in [1.29, 1.82) is 5.41 Å². The Kier molecular flexibility index (Phi) is 29.3. The van der Waals surface area contributed by atoms with Crippen LogP contribution in [0.1, 0.15) is 156 Å². The van der Waals surface area contributed by atoms with Crippen LogP contribution in [0, 0.1) is 26.2 Å². The van der Waals surface area contributed by atoms with E-state index >= 15 is 14.4 Å². The number of imidazole rings is 1. The van der Waals surface area contributed by atoms with Crippen molar-refractivity contribution >= 4 is 80.4 Å². The number of rotatable bonds is 36. The highest BCUT2D eigenvalue weighted by atomic mass is 32.2. The van der Waals surface area contributed by atoms with Gasteiger partial charge in [0.2, 0.25) is 41.4 Å². The lowest BCUT2D eigenvalue weighted by Gasteiger charge is -2.37. The number of esters is 1. The molecule has 0 saturated heterocycles. The number of aromatic nitrogens is 3. The minimum Gasteiger partial charge on any atom is -0.487 e. The first kappa shape index (κ1) is 88.2. The molecular weight excluding hydrogens is 1500 g/mol. The summed E-state index contributed by atoms with van der Waals surface area (Å²) in [6.07, 6.45) is 3.59. The molecule has 14 N–H and O–H groups in total. The molecule has 1 aliphatic heterocycles. The van der Waals surface area contributed by atoms with Gasteiger partial charge >= 0.3 is 18.0 Å². The largest absolute Gasteiger partial charge is 0.487 e. The van der Waals surface area contributed by atoms with Gasteiger partial charge in [0.05, 0.1) is 35.0 Å². The molecule has 30 heteroatoms. The number of guanidine groups is 1. The zero-order valence-electron chi connectivity index (χ0n) is 67.5. The summed E-state index contributed by atoms with van der Waals surface area (Å²) < 4.78 is 51.7. The lowest BCUT2D eigenvalue weighted by molar-refractivity contribution is -0.155. The fourth-order valence-electron chi connectivity index (χ4n) is 14.3. The second kappa shape index (κ2) is 38.6. The lowest BCUT2D eigenvalue weighted by Crippen LogP contribution is -2.60. The first-order chi connectivity index (χ1) is 54.9. The van der Waals surface area contributed by atoms with Gasteiger partial charge in [0, 0.05) is 62.0 Å². The van der Waals surface area contributed by atoms with E-state index in [1.54, 1.807) is 129 Å². The van der Waals surface area contributed by atoms with Gasteiger partial charge in [-0.15, -0.1) is 0 Å². The number of fused-ring (bicyclic) bond motifs is 2. The molecule has 0 saturated carbocycles. The van der Waals surface area contributed by atoms with Gasteiger partial charge in [0.25, 0.3) is 10.0 Å². The molecule has 6 amide bonds. The normalized spacial score (nSPS) is 14.2. The van der Waals surface area contributed by atoms with Crippen molar-refractivity contribution in [3.63, 3.8) is 0 Å². The third kappa shape index (κ3) is 23.0. The van der Waals surface area contributed by atoms with Crippen molar-refractivity contribution in [3.05, 3.63) is 220 Å². The Balaban J connectivity index is 1.07. The Morgan fingerprint density at radius 2 is 1.13 bits per heavy atom. The van der Waals surface area contributed by atoms with Gasteiger partial charge in [-0.05, 0) is 172 Å². The third-order valence-electron chi connectivity index (χ3n) is 19.8. The van der Waals surface area contributed by atoms with Crippen molar-refractivity contribution < 1.29 is 70.9 Å². The fraction of sp³-hybridized carbons (Fsp3) is 0.407. The molecule has 8 aromatic rings. The number of carboxylic acid groups (broad SMARTS) is 1. The number of nitrogens with zero attached hydrogens (tertiary/aromatic N) is 3. The number of para-hydroxylation sites is 1. The Bertz CT molecular complexity index is 4870. The van der Waals surface area contributed by atoms with E-state index in [-0.39, 0.29) is 69.4 Å². The van der Waals surface area contributed by atoms with Crippen LogP contribution in [0.2, 0.25) is 0 Å². The number of benzene rings is 6. The molecule has 1 aliphatic rings. The van der Waals surface area contributed by atoms with E-state index in [0.717, 1.165) is 22.3 Å². The summed E-state index contributed by atoms with van der Waals surface area (Å²) in [6, 6.07) is 35.4. The maximum atomic E-state index is 15.7. The monoisotopic (exact) mass is 1610 g/mol. The lowest BCUT2D eigenvalue weighted by atomic mass is 9.77. The molecule has 618 valence electrons. The second-order valence-corrected chi connectivity index (χ2v) is 33.4. The predicted octanol–water partition coefficient (Wildman–Crippen LogP) is 7.61. The van der Waals surface area contributed by atoms with Crippen LogP contribution in [0.5, 0.6) is 5.75 Å². The van der Waals surface area contributed by atoms with Crippen LogP contribution >= 0.6 is 0 Å². The number of unbranched alkanes of at least 4 members (excludes halogenated alkanes) is 1. The first-order valence-electron chi connectivity index (χ1n) is 38.8. The number of hydrogen-bond acceptors (Lipinski definition) is 18. The van der Waals surface area contributed by atoms with Crippen LogP contribution in [-0.2, 0) is 89.1 Å². The number of nitrogens with two attached hydrogens (primary N) is 2. The number of hydrogen-bond donors (Lipinski definition) is 12. The minimum atomic E-state index is -4.43. The van der Waals surface area contributed by atoms with E-state index in [2.05, 4.69) is 41.9 Å². The summed E-state index contributed by atoms with van der Waals surface area (Å²) in [5, 5.41) is 38.3. The molecule has 116 heavy (non-hydrogen) atoms. The molecule has 6 atom stereocenters. The average molecular weight is 1610 g/mol. The summed E-state index contributed by atoms with van der Waals surface area (Å²) in [5.74, 6) is -7.54. The molecule has 3 heterocycles. The Morgan fingerprint density at radius 3 is 1.71 bits per heavy atom. The fourth-order valence-corrected chi connectivity index (χ4v) is 15.8. The zero-order valence-corrected chi connectivity index (χ0v) is 68.3. The molecule has 6 aromatic carbocycles. The molecule has 0 aliphatic carbocycles. The van der Waals surface area contributed by atoms with Crippen molar-refractivity contribution in [2.24, 2.45) is 11.5 Å². The first-order valence-corrected chi connectivity index (χ1v) is 40.3. The summed E-state index contributed by atoms with van der Waals surface area (Å²) in [5.41, 5.74) is 15.1. The second-order valence-electron chi connectivity index (χ2n) is 31.7. The van der Waals surface area contributed by atoms with E-state index in [1.807, 2.05) is 109 Å². The van der Waals surface area contributed by atoms with E-state index in [0.29, 0.717) is 69.4 Å². The number of sulfonamides is 1. The van der Waals surface area contributed by atoms with E-state index in [9.17, 15) is 42.3 Å². The maximum Gasteiger partial charge on any atom is 0.419 e. The van der Waals surface area contributed by atoms with Gasteiger partial charge in [-0.1, -0.05) is 140 Å². The highest BCUT2D eigenvalue weighted by molar-refractivity contribution is 7.90. The predicted molar refractivity (Wildman–Crippen MR) is 439 cm³/mol. The molecule has 29 nitrogen and oxygen atoms in total. The van der Waals surface area contributed by atoms with Crippen LogP contribution in [0.15, 0.2) is 169 Å². The van der Waals surface area contributed by atoms with E-state index in [4.69, 9.17) is 36.1 Å². The number of nitrogens with one attached hydrogen (secondary N) is 9. The van der Waals surface area contributed by atoms with Crippen LogP contribution in [0.3, 0.4) is 0 Å². The number of amides is 6. The smallest absolute Gasteiger partial charge is 0.419 e. The zero-order chi connectivity index (χ0) is 84.5. The van der Waals surface area contributed by atoms with Crippen LogP contribution in [0.4, 0.5) is 4.79 Å². The molecule has 0 radical (unpaired) electrons. The number of carbonyl (C=O) groups excluding carboxylic acids is 8. The standard InChI is InChI=1S/C86H108N14O15S/c1-53-54(2)74(55(3)63-48-85(10,11)114-73(53)63)116(111,112)98-81(89)90-44-28-39-65(77(105)97-68(76(104)91-49-71(101)93-66(80(108)109)38-26-27-43-87)46-57-50-100(82(110)115-84(7,8)9)70-40-25-24-37-62(57)70)94-78(106)67(45-56-29-16-12-17-30-56)96-79(107)69(95-75(103)64(88)41-42-72(102)113-83(4,5)6)47-61-51-99(52-92-61)86(58-31-18-13-19-32-58,59-33-20-14-21-34-59)60-35-22-15-23-36-60/h12-25,29-37,40,50-52,64-69H,26-28,38-39,41-49,87-88H2,1-11H3,(H,91,104)(H,93,101)(H,94,106)(H,95,103)(H,96,107)(H,97,105)(H,108,109)(H3,89,90,98)/t64-,65-,66-,67-,68-,69-/m0/s1. The van der Waals surface area contributed by atoms with Gasteiger partial charge < -0.3 is 72.6 Å². The van der Waals surface area contributed by atoms with Crippen LogP contribution in [-0.4, -0.2) is 160 Å². The summed E-state index contributed by atoms with van der Waals surface area (Å²) in [4.78, 5) is 134. The molecular formula is C86H108N14O15S. The van der Waals surface area contributed by atoms with E-state index < -0.39 is 135 Å². The quantitative estimate of drug-likeness (QED) is 0.00590. The Labute approximate surface area is 676 Å². The summed E-state index contributed by atoms with van der Waals surface area (Å²) >= 11 is 0. The van der Waals surface area contributed by atoms with Gasteiger partial charge in [-0.25, -0.2) is 27.7 Å². The number of ether oxygens (including phenoxy) is 3.